The van der Waals surface area contributed by atoms with Gasteiger partial charge in [0.25, 0.3) is 0 Å². The molecule has 1 atom stereocenters. The second-order valence-electron chi connectivity index (χ2n) is 6.05. The molecule has 130 valence electrons. The minimum atomic E-state index is -0.652. The van der Waals surface area contributed by atoms with Gasteiger partial charge in [-0.2, -0.15) is 0 Å². The Morgan fingerprint density at radius 3 is 2.04 bits per heavy atom. The van der Waals surface area contributed by atoms with Crippen molar-refractivity contribution in [2.24, 2.45) is 0 Å². The van der Waals surface area contributed by atoms with Crippen LogP contribution in [0.1, 0.15) is 31.4 Å². The summed E-state index contributed by atoms with van der Waals surface area (Å²) in [5.74, 6) is 1.63. The van der Waals surface area contributed by atoms with E-state index in [0.717, 1.165) is 40.7 Å². The van der Waals surface area contributed by atoms with E-state index < -0.39 is 6.10 Å². The van der Waals surface area contributed by atoms with Crippen LogP contribution >= 0.6 is 0 Å². The maximum Gasteiger partial charge on any atom is 0.127 e. The fourth-order valence-corrected chi connectivity index (χ4v) is 2.76. The molecule has 0 spiro atoms. The van der Waals surface area contributed by atoms with Crippen LogP contribution in [0.2, 0.25) is 0 Å². The summed E-state index contributed by atoms with van der Waals surface area (Å²) in [4.78, 5) is 0. The van der Waals surface area contributed by atoms with E-state index in [0.29, 0.717) is 6.61 Å². The molecule has 0 amide bonds. The van der Waals surface area contributed by atoms with Gasteiger partial charge in [0, 0.05) is 10.8 Å². The summed E-state index contributed by atoms with van der Waals surface area (Å²) in [6.45, 7) is 3.08. The van der Waals surface area contributed by atoms with Crippen LogP contribution in [0.15, 0.2) is 66.7 Å². The Morgan fingerprint density at radius 1 is 0.800 bits per heavy atom. The Labute approximate surface area is 148 Å². The first-order valence-electron chi connectivity index (χ1n) is 8.80. The summed E-state index contributed by atoms with van der Waals surface area (Å²) in [5.41, 5.74) is 0.853. The lowest BCUT2D eigenvalue weighted by Crippen LogP contribution is -2.09. The molecule has 0 bridgehead atoms. The van der Waals surface area contributed by atoms with Crippen LogP contribution in [0.3, 0.4) is 0 Å². The molecular weight excluding hydrogens is 312 g/mol. The SMILES string of the molecule is CCCCOc1ccc(OCC(O)c2ccccc2)c2ccccc12. The number of unbranched alkanes of at least 4 members (excludes halogenated alkanes) is 1. The fraction of sp³-hybridized carbons (Fsp3) is 0.273. The van der Waals surface area contributed by atoms with E-state index >= 15 is 0 Å². The summed E-state index contributed by atoms with van der Waals surface area (Å²) in [5, 5.41) is 12.3. The van der Waals surface area contributed by atoms with Crippen molar-refractivity contribution in [2.75, 3.05) is 13.2 Å². The zero-order valence-electron chi connectivity index (χ0n) is 14.5. The van der Waals surface area contributed by atoms with Gasteiger partial charge in [-0.25, -0.2) is 0 Å². The molecule has 3 aromatic carbocycles. The Hall–Kier alpha value is -2.52. The first-order chi connectivity index (χ1) is 12.3. The number of benzene rings is 3. The molecule has 3 heteroatoms. The van der Waals surface area contributed by atoms with Crippen molar-refractivity contribution in [3.05, 3.63) is 72.3 Å². The van der Waals surface area contributed by atoms with E-state index in [4.69, 9.17) is 9.47 Å². The smallest absolute Gasteiger partial charge is 0.127 e. The second kappa shape index (κ2) is 8.54. The van der Waals surface area contributed by atoms with Crippen molar-refractivity contribution >= 4 is 10.8 Å². The van der Waals surface area contributed by atoms with Crippen molar-refractivity contribution < 1.29 is 14.6 Å². The highest BCUT2D eigenvalue weighted by molar-refractivity contribution is 5.93. The van der Waals surface area contributed by atoms with Gasteiger partial charge in [0.05, 0.1) is 6.61 Å². The van der Waals surface area contributed by atoms with Crippen LogP contribution in [0.4, 0.5) is 0 Å². The molecule has 1 unspecified atom stereocenters. The first kappa shape index (κ1) is 17.3. The molecule has 0 saturated carbocycles. The summed E-state index contributed by atoms with van der Waals surface area (Å²) in [6.07, 6.45) is 1.49. The molecule has 0 aliphatic carbocycles. The maximum atomic E-state index is 10.3. The Kier molecular flexibility index (Phi) is 5.91. The minimum absolute atomic E-state index is 0.212. The number of rotatable bonds is 8. The normalized spacial score (nSPS) is 12.1. The Balaban J connectivity index is 1.77. The van der Waals surface area contributed by atoms with Crippen molar-refractivity contribution in [1.29, 1.82) is 0 Å². The molecule has 3 rings (SSSR count). The number of aliphatic hydroxyl groups is 1. The van der Waals surface area contributed by atoms with Gasteiger partial charge in [-0.3, -0.25) is 0 Å². The third-order valence-corrected chi connectivity index (χ3v) is 4.18. The van der Waals surface area contributed by atoms with E-state index in [2.05, 4.69) is 6.92 Å². The monoisotopic (exact) mass is 336 g/mol. The molecule has 0 aliphatic rings. The Bertz CT molecular complexity index is 799. The average molecular weight is 336 g/mol. The van der Waals surface area contributed by atoms with Crippen LogP contribution < -0.4 is 9.47 Å². The molecule has 0 fully saturated rings. The van der Waals surface area contributed by atoms with Gasteiger partial charge >= 0.3 is 0 Å². The van der Waals surface area contributed by atoms with Crippen molar-refractivity contribution in [2.45, 2.75) is 25.9 Å². The lowest BCUT2D eigenvalue weighted by Gasteiger charge is -2.16. The molecule has 1 N–H and O–H groups in total. The third-order valence-electron chi connectivity index (χ3n) is 4.18. The summed E-state index contributed by atoms with van der Waals surface area (Å²) < 4.78 is 11.8. The van der Waals surface area contributed by atoms with Crippen molar-refractivity contribution in [1.82, 2.24) is 0 Å². The van der Waals surface area contributed by atoms with Gasteiger partial charge in [-0.15, -0.1) is 0 Å². The predicted octanol–water partition coefficient (Wildman–Crippen LogP) is 5.13. The highest BCUT2D eigenvalue weighted by Crippen LogP contribution is 2.33. The molecular formula is C22H24O3. The van der Waals surface area contributed by atoms with Gasteiger partial charge in [0.15, 0.2) is 0 Å². The lowest BCUT2D eigenvalue weighted by atomic mass is 10.1. The predicted molar refractivity (Wildman–Crippen MR) is 101 cm³/mol. The van der Waals surface area contributed by atoms with E-state index in [1.165, 1.54) is 0 Å². The summed E-state index contributed by atoms with van der Waals surface area (Å²) in [7, 11) is 0. The highest BCUT2D eigenvalue weighted by atomic mass is 16.5. The van der Waals surface area contributed by atoms with E-state index in [1.54, 1.807) is 0 Å². The third kappa shape index (κ3) is 4.31. The largest absolute Gasteiger partial charge is 0.493 e. The zero-order valence-corrected chi connectivity index (χ0v) is 14.5. The lowest BCUT2D eigenvalue weighted by molar-refractivity contribution is 0.109. The van der Waals surface area contributed by atoms with Crippen LogP contribution in [0.5, 0.6) is 11.5 Å². The van der Waals surface area contributed by atoms with Gasteiger partial charge in [0.2, 0.25) is 0 Å². The van der Waals surface area contributed by atoms with Gasteiger partial charge in [0.1, 0.15) is 24.2 Å². The van der Waals surface area contributed by atoms with Crippen molar-refractivity contribution in [3.8, 4) is 11.5 Å². The second-order valence-corrected chi connectivity index (χ2v) is 6.05. The Morgan fingerprint density at radius 2 is 1.40 bits per heavy atom. The molecule has 0 aliphatic heterocycles. The van der Waals surface area contributed by atoms with Crippen LogP contribution in [0, 0.1) is 0 Å². The number of ether oxygens (including phenoxy) is 2. The number of fused-ring (bicyclic) bond motifs is 1. The number of aliphatic hydroxyl groups excluding tert-OH is 1. The van der Waals surface area contributed by atoms with Crippen LogP contribution in [0.25, 0.3) is 10.8 Å². The van der Waals surface area contributed by atoms with E-state index in [9.17, 15) is 5.11 Å². The van der Waals surface area contributed by atoms with E-state index in [-0.39, 0.29) is 6.61 Å². The van der Waals surface area contributed by atoms with Gasteiger partial charge < -0.3 is 14.6 Å². The first-order valence-corrected chi connectivity index (χ1v) is 8.80. The number of hydrogen-bond donors (Lipinski definition) is 1. The molecule has 25 heavy (non-hydrogen) atoms. The molecule has 0 aromatic heterocycles. The highest BCUT2D eigenvalue weighted by Gasteiger charge is 2.11. The number of hydrogen-bond acceptors (Lipinski definition) is 3. The molecule has 0 saturated heterocycles. The molecule has 0 heterocycles. The van der Waals surface area contributed by atoms with Gasteiger partial charge in [-0.05, 0) is 24.1 Å². The summed E-state index contributed by atoms with van der Waals surface area (Å²) >= 11 is 0. The standard InChI is InChI=1S/C22H24O3/c1-2-3-15-24-21-13-14-22(19-12-8-7-11-18(19)21)25-16-20(23)17-9-5-4-6-10-17/h4-14,20,23H,2-3,15-16H2,1H3. The maximum absolute atomic E-state index is 10.3. The quantitative estimate of drug-likeness (QED) is 0.580. The summed E-state index contributed by atoms with van der Waals surface area (Å²) in [6, 6.07) is 21.5. The zero-order chi connectivity index (χ0) is 17.5. The van der Waals surface area contributed by atoms with Gasteiger partial charge in [-0.1, -0.05) is 67.9 Å². The topological polar surface area (TPSA) is 38.7 Å². The van der Waals surface area contributed by atoms with E-state index in [1.807, 2.05) is 66.7 Å². The van der Waals surface area contributed by atoms with Crippen molar-refractivity contribution in [3.63, 3.8) is 0 Å². The van der Waals surface area contributed by atoms with Crippen LogP contribution in [-0.4, -0.2) is 18.3 Å². The molecule has 3 nitrogen and oxygen atoms in total. The molecule has 0 radical (unpaired) electrons. The fourth-order valence-electron chi connectivity index (χ4n) is 2.76. The average Bonchev–Trinajstić information content (AvgIpc) is 2.67. The minimum Gasteiger partial charge on any atom is -0.493 e. The van der Waals surface area contributed by atoms with Crippen LogP contribution in [-0.2, 0) is 0 Å². The molecule has 3 aromatic rings.